The van der Waals surface area contributed by atoms with Crippen LogP contribution in [0.3, 0.4) is 0 Å². The number of nitrogens with one attached hydrogen (secondary N) is 2. The van der Waals surface area contributed by atoms with E-state index in [0.29, 0.717) is 5.25 Å². The van der Waals surface area contributed by atoms with Crippen LogP contribution in [0.4, 0.5) is 0 Å². The summed E-state index contributed by atoms with van der Waals surface area (Å²) in [5.74, 6) is 2.72. The van der Waals surface area contributed by atoms with Gasteiger partial charge in [0.25, 0.3) is 0 Å². The van der Waals surface area contributed by atoms with Crippen LogP contribution in [-0.4, -0.2) is 61.0 Å². The Bertz CT molecular complexity index is 384. The molecule has 126 valence electrons. The molecule has 2 aliphatic rings. The molecule has 1 unspecified atom stereocenters. The van der Waals surface area contributed by atoms with Crippen molar-refractivity contribution in [1.82, 2.24) is 15.5 Å². The van der Waals surface area contributed by atoms with Gasteiger partial charge in [-0.15, -0.1) is 0 Å². The van der Waals surface area contributed by atoms with E-state index < -0.39 is 0 Å². The SMILES string of the molecule is CCC1CN(C(=NC)NCCCNC(=O)C2CCC2)CCS1. The minimum atomic E-state index is 0.245. The molecule has 1 amide bonds. The van der Waals surface area contributed by atoms with Crippen LogP contribution in [0, 0.1) is 5.92 Å². The van der Waals surface area contributed by atoms with Gasteiger partial charge in [-0.05, 0) is 25.7 Å². The molecule has 1 heterocycles. The van der Waals surface area contributed by atoms with Crippen molar-refractivity contribution in [2.24, 2.45) is 10.9 Å². The molecule has 1 saturated carbocycles. The molecule has 6 heteroatoms. The van der Waals surface area contributed by atoms with Crippen LogP contribution in [0.5, 0.6) is 0 Å². The summed E-state index contributed by atoms with van der Waals surface area (Å²) < 4.78 is 0. The molecular weight excluding hydrogens is 296 g/mol. The Morgan fingerprint density at radius 1 is 1.32 bits per heavy atom. The Kier molecular flexibility index (Phi) is 7.36. The summed E-state index contributed by atoms with van der Waals surface area (Å²) in [7, 11) is 1.85. The molecule has 22 heavy (non-hydrogen) atoms. The molecule has 1 aliphatic carbocycles. The second kappa shape index (κ2) is 9.28. The van der Waals surface area contributed by atoms with Crippen LogP contribution in [0.25, 0.3) is 0 Å². The largest absolute Gasteiger partial charge is 0.356 e. The lowest BCUT2D eigenvalue weighted by Crippen LogP contribution is -2.48. The summed E-state index contributed by atoms with van der Waals surface area (Å²) in [6.07, 6.45) is 5.51. The van der Waals surface area contributed by atoms with E-state index in [1.807, 2.05) is 7.05 Å². The number of hydrogen-bond donors (Lipinski definition) is 2. The number of nitrogens with zero attached hydrogens (tertiary/aromatic N) is 2. The van der Waals surface area contributed by atoms with Gasteiger partial charge in [-0.1, -0.05) is 13.3 Å². The number of carbonyl (C=O) groups is 1. The third-order valence-electron chi connectivity index (χ3n) is 4.52. The van der Waals surface area contributed by atoms with Crippen LogP contribution in [-0.2, 0) is 4.79 Å². The van der Waals surface area contributed by atoms with Crippen LogP contribution >= 0.6 is 11.8 Å². The second-order valence-electron chi connectivity index (χ2n) is 6.09. The van der Waals surface area contributed by atoms with E-state index in [2.05, 4.69) is 39.2 Å². The predicted octanol–water partition coefficient (Wildman–Crippen LogP) is 1.70. The van der Waals surface area contributed by atoms with Gasteiger partial charge in [0, 0.05) is 50.1 Å². The Balaban J connectivity index is 1.60. The second-order valence-corrected chi connectivity index (χ2v) is 7.50. The molecule has 5 nitrogen and oxygen atoms in total. The van der Waals surface area contributed by atoms with Crippen molar-refractivity contribution in [3.05, 3.63) is 0 Å². The van der Waals surface area contributed by atoms with Crippen molar-refractivity contribution in [3.8, 4) is 0 Å². The van der Waals surface area contributed by atoms with E-state index in [1.54, 1.807) is 0 Å². The topological polar surface area (TPSA) is 56.7 Å². The maximum Gasteiger partial charge on any atom is 0.223 e. The standard InChI is InChI=1S/C16H30N4OS/c1-3-14-12-20(10-11-22-14)16(17-2)19-9-5-8-18-15(21)13-6-4-7-13/h13-14H,3-12H2,1-2H3,(H,17,19)(H,18,21). The molecule has 2 fully saturated rings. The van der Waals surface area contributed by atoms with Gasteiger partial charge < -0.3 is 15.5 Å². The lowest BCUT2D eigenvalue weighted by atomic mass is 9.85. The first-order valence-corrected chi connectivity index (χ1v) is 9.64. The van der Waals surface area contributed by atoms with Gasteiger partial charge in [-0.2, -0.15) is 11.8 Å². The van der Waals surface area contributed by atoms with E-state index in [-0.39, 0.29) is 11.8 Å². The molecule has 1 atom stereocenters. The fourth-order valence-electron chi connectivity index (χ4n) is 2.81. The molecule has 1 aliphatic heterocycles. The number of thioether (sulfide) groups is 1. The van der Waals surface area contributed by atoms with Gasteiger partial charge in [-0.3, -0.25) is 9.79 Å². The van der Waals surface area contributed by atoms with Gasteiger partial charge in [0.1, 0.15) is 0 Å². The molecule has 0 radical (unpaired) electrons. The molecule has 0 bridgehead atoms. The summed E-state index contributed by atoms with van der Waals surface area (Å²) >= 11 is 2.07. The third-order valence-corrected chi connectivity index (χ3v) is 5.89. The molecule has 2 rings (SSSR count). The Labute approximate surface area is 138 Å². The molecule has 0 aromatic rings. The first-order valence-electron chi connectivity index (χ1n) is 8.59. The molecular formula is C16H30N4OS. The lowest BCUT2D eigenvalue weighted by Gasteiger charge is -2.34. The maximum absolute atomic E-state index is 11.7. The summed E-state index contributed by atoms with van der Waals surface area (Å²) in [5, 5.41) is 7.18. The zero-order valence-electron chi connectivity index (χ0n) is 13.9. The highest BCUT2D eigenvalue weighted by Gasteiger charge is 2.24. The zero-order chi connectivity index (χ0) is 15.8. The van der Waals surface area contributed by atoms with Crippen molar-refractivity contribution in [2.75, 3.05) is 39.0 Å². The Morgan fingerprint density at radius 3 is 2.73 bits per heavy atom. The van der Waals surface area contributed by atoms with Crippen LogP contribution < -0.4 is 10.6 Å². The van der Waals surface area contributed by atoms with Crippen molar-refractivity contribution >= 4 is 23.6 Å². The van der Waals surface area contributed by atoms with Crippen molar-refractivity contribution in [1.29, 1.82) is 0 Å². The maximum atomic E-state index is 11.7. The minimum absolute atomic E-state index is 0.245. The first kappa shape index (κ1) is 17.4. The van der Waals surface area contributed by atoms with Gasteiger partial charge in [0.2, 0.25) is 5.91 Å². The average molecular weight is 327 g/mol. The van der Waals surface area contributed by atoms with Gasteiger partial charge in [-0.25, -0.2) is 0 Å². The summed E-state index contributed by atoms with van der Waals surface area (Å²) in [6.45, 7) is 6.02. The van der Waals surface area contributed by atoms with E-state index in [0.717, 1.165) is 51.4 Å². The first-order chi connectivity index (χ1) is 10.7. The molecule has 0 aromatic carbocycles. The Morgan fingerprint density at radius 2 is 2.09 bits per heavy atom. The smallest absolute Gasteiger partial charge is 0.223 e. The zero-order valence-corrected chi connectivity index (χ0v) is 14.8. The van der Waals surface area contributed by atoms with Crippen LogP contribution in [0.1, 0.15) is 39.0 Å². The predicted molar refractivity (Wildman–Crippen MR) is 94.4 cm³/mol. The van der Waals surface area contributed by atoms with Crippen molar-refractivity contribution < 1.29 is 4.79 Å². The van der Waals surface area contributed by atoms with Gasteiger partial charge >= 0.3 is 0 Å². The minimum Gasteiger partial charge on any atom is -0.356 e. The highest BCUT2D eigenvalue weighted by Crippen LogP contribution is 2.26. The quantitative estimate of drug-likeness (QED) is 0.443. The van der Waals surface area contributed by atoms with Gasteiger partial charge in [0.05, 0.1) is 0 Å². The monoisotopic (exact) mass is 326 g/mol. The summed E-state index contributed by atoms with van der Waals surface area (Å²) in [4.78, 5) is 18.5. The van der Waals surface area contributed by atoms with Crippen molar-refractivity contribution in [2.45, 2.75) is 44.3 Å². The molecule has 0 aromatic heterocycles. The van der Waals surface area contributed by atoms with Gasteiger partial charge in [0.15, 0.2) is 5.96 Å². The lowest BCUT2D eigenvalue weighted by molar-refractivity contribution is -0.127. The van der Waals surface area contributed by atoms with E-state index >= 15 is 0 Å². The van der Waals surface area contributed by atoms with Crippen LogP contribution in [0.2, 0.25) is 0 Å². The molecule has 1 saturated heterocycles. The van der Waals surface area contributed by atoms with Crippen LogP contribution in [0.15, 0.2) is 4.99 Å². The number of carbonyl (C=O) groups excluding carboxylic acids is 1. The molecule has 0 spiro atoms. The molecule has 2 N–H and O–H groups in total. The van der Waals surface area contributed by atoms with E-state index in [1.165, 1.54) is 18.6 Å². The van der Waals surface area contributed by atoms with E-state index in [4.69, 9.17) is 0 Å². The third kappa shape index (κ3) is 5.07. The number of aliphatic imine (C=N–C) groups is 1. The number of amides is 1. The Hall–Kier alpha value is -0.910. The summed E-state index contributed by atoms with van der Waals surface area (Å²) in [6, 6.07) is 0. The average Bonchev–Trinajstić information content (AvgIpc) is 2.49. The van der Waals surface area contributed by atoms with E-state index in [9.17, 15) is 4.79 Å². The fraction of sp³-hybridized carbons (Fsp3) is 0.875. The fourth-order valence-corrected chi connectivity index (χ4v) is 3.99. The highest BCUT2D eigenvalue weighted by molar-refractivity contribution is 8.00. The van der Waals surface area contributed by atoms with Crippen molar-refractivity contribution in [3.63, 3.8) is 0 Å². The number of hydrogen-bond acceptors (Lipinski definition) is 3. The number of guanidine groups is 1. The highest BCUT2D eigenvalue weighted by atomic mass is 32.2. The number of rotatable bonds is 6. The normalized spacial score (nSPS) is 23.1. The summed E-state index contributed by atoms with van der Waals surface area (Å²) in [5.41, 5.74) is 0.